The third-order valence-electron chi connectivity index (χ3n) is 4.82. The standard InChI is InChI=1S/C21H35N3O4/c1-5-22-21(23-16-17-7-8-19(26-3)15-20(17)27-4)24-11-9-18(10-12-24)28-14-6-13-25-2/h7-8,15,18H,5-6,9-14,16H2,1-4H3,(H,22,23). The first-order valence-electron chi connectivity index (χ1n) is 10.1. The first-order valence-corrected chi connectivity index (χ1v) is 10.1. The van der Waals surface area contributed by atoms with Crippen molar-refractivity contribution in [2.75, 3.05) is 54.2 Å². The lowest BCUT2D eigenvalue weighted by molar-refractivity contribution is 0.00990. The SMILES string of the molecule is CCNC(=NCc1ccc(OC)cc1OC)N1CCC(OCCCOC)CC1. The van der Waals surface area contributed by atoms with Gasteiger partial charge in [0.2, 0.25) is 0 Å². The molecule has 2 rings (SSSR count). The average molecular weight is 394 g/mol. The summed E-state index contributed by atoms with van der Waals surface area (Å²) in [4.78, 5) is 7.15. The Morgan fingerprint density at radius 3 is 2.57 bits per heavy atom. The number of piperidine rings is 1. The van der Waals surface area contributed by atoms with Gasteiger partial charge in [-0.2, -0.15) is 0 Å². The minimum Gasteiger partial charge on any atom is -0.497 e. The molecule has 1 N–H and O–H groups in total. The lowest BCUT2D eigenvalue weighted by atomic mass is 10.1. The van der Waals surface area contributed by atoms with Gasteiger partial charge in [0.15, 0.2) is 5.96 Å². The number of methoxy groups -OCH3 is 3. The maximum atomic E-state index is 5.96. The molecule has 1 heterocycles. The fourth-order valence-electron chi connectivity index (χ4n) is 3.26. The van der Waals surface area contributed by atoms with Crippen LogP contribution in [0.2, 0.25) is 0 Å². The Labute approximate surface area is 169 Å². The van der Waals surface area contributed by atoms with E-state index in [-0.39, 0.29) is 0 Å². The van der Waals surface area contributed by atoms with Crippen LogP contribution < -0.4 is 14.8 Å². The van der Waals surface area contributed by atoms with Gasteiger partial charge in [0.1, 0.15) is 11.5 Å². The van der Waals surface area contributed by atoms with Crippen LogP contribution in [0.1, 0.15) is 31.7 Å². The highest BCUT2D eigenvalue weighted by atomic mass is 16.5. The monoisotopic (exact) mass is 393 g/mol. The van der Waals surface area contributed by atoms with Crippen LogP contribution >= 0.6 is 0 Å². The fraction of sp³-hybridized carbons (Fsp3) is 0.667. The smallest absolute Gasteiger partial charge is 0.194 e. The number of hydrogen-bond donors (Lipinski definition) is 1. The highest BCUT2D eigenvalue weighted by molar-refractivity contribution is 5.80. The molecule has 0 saturated carbocycles. The van der Waals surface area contributed by atoms with Gasteiger partial charge in [0.05, 0.1) is 26.9 Å². The molecular weight excluding hydrogens is 358 g/mol. The van der Waals surface area contributed by atoms with Gasteiger partial charge in [-0.25, -0.2) is 4.99 Å². The number of likely N-dealkylation sites (tertiary alicyclic amines) is 1. The summed E-state index contributed by atoms with van der Waals surface area (Å²) in [5, 5.41) is 3.41. The van der Waals surface area contributed by atoms with Crippen molar-refractivity contribution in [1.29, 1.82) is 0 Å². The summed E-state index contributed by atoms with van der Waals surface area (Å²) in [6.45, 7) is 6.90. The van der Waals surface area contributed by atoms with E-state index < -0.39 is 0 Å². The van der Waals surface area contributed by atoms with Crippen molar-refractivity contribution in [3.8, 4) is 11.5 Å². The molecule has 0 amide bonds. The summed E-state index contributed by atoms with van der Waals surface area (Å²) >= 11 is 0. The summed E-state index contributed by atoms with van der Waals surface area (Å²) < 4.78 is 21.8. The van der Waals surface area contributed by atoms with E-state index in [1.54, 1.807) is 21.3 Å². The molecule has 0 radical (unpaired) electrons. The molecule has 0 bridgehead atoms. The molecule has 0 atom stereocenters. The third kappa shape index (κ3) is 6.87. The van der Waals surface area contributed by atoms with Crippen molar-refractivity contribution in [3.05, 3.63) is 23.8 Å². The molecule has 0 spiro atoms. The maximum Gasteiger partial charge on any atom is 0.194 e. The number of ether oxygens (including phenoxy) is 4. The zero-order chi connectivity index (χ0) is 20.2. The molecule has 0 unspecified atom stereocenters. The molecule has 1 aliphatic rings. The van der Waals surface area contributed by atoms with Gasteiger partial charge >= 0.3 is 0 Å². The van der Waals surface area contributed by atoms with E-state index in [1.165, 1.54) is 0 Å². The van der Waals surface area contributed by atoms with Gasteiger partial charge in [0, 0.05) is 51.6 Å². The number of rotatable bonds is 10. The van der Waals surface area contributed by atoms with Gasteiger partial charge in [-0.3, -0.25) is 0 Å². The fourth-order valence-corrected chi connectivity index (χ4v) is 3.26. The Morgan fingerprint density at radius 1 is 1.14 bits per heavy atom. The largest absolute Gasteiger partial charge is 0.497 e. The van der Waals surface area contributed by atoms with E-state index in [1.807, 2.05) is 18.2 Å². The summed E-state index contributed by atoms with van der Waals surface area (Å²) in [5.74, 6) is 2.52. The Balaban J connectivity index is 1.92. The van der Waals surface area contributed by atoms with Crippen LogP contribution in [0, 0.1) is 0 Å². The van der Waals surface area contributed by atoms with Crippen molar-refractivity contribution in [2.24, 2.45) is 4.99 Å². The van der Waals surface area contributed by atoms with E-state index in [0.717, 1.165) is 75.1 Å². The average Bonchev–Trinajstić information content (AvgIpc) is 2.74. The van der Waals surface area contributed by atoms with Crippen molar-refractivity contribution in [2.45, 2.75) is 38.8 Å². The second-order valence-corrected chi connectivity index (χ2v) is 6.75. The molecule has 0 aromatic heterocycles. The minimum atomic E-state index is 0.331. The highest BCUT2D eigenvalue weighted by Crippen LogP contribution is 2.25. The lowest BCUT2D eigenvalue weighted by Crippen LogP contribution is -2.47. The molecule has 7 nitrogen and oxygen atoms in total. The third-order valence-corrected chi connectivity index (χ3v) is 4.82. The molecule has 28 heavy (non-hydrogen) atoms. The molecular formula is C21H35N3O4. The van der Waals surface area contributed by atoms with Crippen LogP contribution in [0.25, 0.3) is 0 Å². The van der Waals surface area contributed by atoms with Gasteiger partial charge in [0.25, 0.3) is 0 Å². The van der Waals surface area contributed by atoms with Crippen LogP contribution in [0.4, 0.5) is 0 Å². The minimum absolute atomic E-state index is 0.331. The zero-order valence-electron chi connectivity index (χ0n) is 17.7. The van der Waals surface area contributed by atoms with Crippen LogP contribution in [0.5, 0.6) is 11.5 Å². The quantitative estimate of drug-likeness (QED) is 0.375. The topological polar surface area (TPSA) is 64.6 Å². The summed E-state index contributed by atoms with van der Waals surface area (Å²) in [7, 11) is 5.05. The highest BCUT2D eigenvalue weighted by Gasteiger charge is 2.22. The number of nitrogens with one attached hydrogen (secondary N) is 1. The van der Waals surface area contributed by atoms with Crippen LogP contribution in [0.15, 0.2) is 23.2 Å². The molecule has 158 valence electrons. The van der Waals surface area contributed by atoms with E-state index in [2.05, 4.69) is 17.1 Å². The predicted octanol–water partition coefficient (Wildman–Crippen LogP) is 2.69. The molecule has 0 aliphatic carbocycles. The van der Waals surface area contributed by atoms with E-state index in [0.29, 0.717) is 12.6 Å². The lowest BCUT2D eigenvalue weighted by Gasteiger charge is -2.34. The maximum absolute atomic E-state index is 5.96. The predicted molar refractivity (Wildman–Crippen MR) is 111 cm³/mol. The Bertz CT molecular complexity index is 601. The first kappa shape index (κ1) is 22.3. The van der Waals surface area contributed by atoms with Gasteiger partial charge in [-0.1, -0.05) is 0 Å². The Hall–Kier alpha value is -1.99. The number of hydrogen-bond acceptors (Lipinski definition) is 5. The summed E-state index contributed by atoms with van der Waals surface area (Å²) in [6.07, 6.45) is 3.31. The second kappa shape index (κ2) is 12.5. The van der Waals surface area contributed by atoms with Gasteiger partial charge in [-0.05, 0) is 38.3 Å². The van der Waals surface area contributed by atoms with Gasteiger partial charge < -0.3 is 29.2 Å². The molecule has 1 aromatic carbocycles. The van der Waals surface area contributed by atoms with Crippen molar-refractivity contribution < 1.29 is 18.9 Å². The normalized spacial score (nSPS) is 15.6. The summed E-state index contributed by atoms with van der Waals surface area (Å²) in [6, 6.07) is 5.84. The molecule has 7 heteroatoms. The molecule has 1 aliphatic heterocycles. The molecule has 1 aromatic rings. The van der Waals surface area contributed by atoms with Crippen LogP contribution in [0.3, 0.4) is 0 Å². The van der Waals surface area contributed by atoms with Crippen LogP contribution in [-0.4, -0.2) is 71.1 Å². The van der Waals surface area contributed by atoms with E-state index in [4.69, 9.17) is 23.9 Å². The van der Waals surface area contributed by atoms with Crippen molar-refractivity contribution in [3.63, 3.8) is 0 Å². The molecule has 1 saturated heterocycles. The first-order chi connectivity index (χ1) is 13.7. The zero-order valence-corrected chi connectivity index (χ0v) is 17.7. The van der Waals surface area contributed by atoms with Crippen molar-refractivity contribution >= 4 is 5.96 Å². The van der Waals surface area contributed by atoms with Gasteiger partial charge in [-0.15, -0.1) is 0 Å². The molecule has 1 fully saturated rings. The van der Waals surface area contributed by atoms with Crippen molar-refractivity contribution in [1.82, 2.24) is 10.2 Å². The van der Waals surface area contributed by atoms with E-state index in [9.17, 15) is 0 Å². The number of guanidine groups is 1. The Morgan fingerprint density at radius 2 is 1.93 bits per heavy atom. The van der Waals surface area contributed by atoms with Crippen LogP contribution in [-0.2, 0) is 16.0 Å². The Kier molecular flexibility index (Phi) is 9.93. The second-order valence-electron chi connectivity index (χ2n) is 6.75. The number of benzene rings is 1. The summed E-state index contributed by atoms with van der Waals surface area (Å²) in [5.41, 5.74) is 1.04. The van der Waals surface area contributed by atoms with E-state index >= 15 is 0 Å². The number of aliphatic imine (C=N–C) groups is 1. The number of nitrogens with zero attached hydrogens (tertiary/aromatic N) is 2.